The fraction of sp³-hybridized carbons (Fsp3) is 0.471. The van der Waals surface area contributed by atoms with Gasteiger partial charge in [0.1, 0.15) is 5.82 Å². The molecule has 1 unspecified atom stereocenters. The smallest absolute Gasteiger partial charge is 0.349 e. The average Bonchev–Trinajstić information content (AvgIpc) is 3.00. The van der Waals surface area contributed by atoms with Gasteiger partial charge in [-0.2, -0.15) is 13.2 Å². The van der Waals surface area contributed by atoms with Crippen LogP contribution in [0.25, 0.3) is 0 Å². The monoisotopic (exact) mass is 386 g/mol. The molecule has 140 valence electrons. The highest BCUT2D eigenvalue weighted by Gasteiger charge is 2.42. The van der Waals surface area contributed by atoms with Crippen LogP contribution in [0.2, 0.25) is 5.02 Å². The third-order valence-electron chi connectivity index (χ3n) is 4.47. The summed E-state index contributed by atoms with van der Waals surface area (Å²) >= 11 is 5.91. The molecule has 1 atom stereocenters. The van der Waals surface area contributed by atoms with Crippen molar-refractivity contribution in [1.29, 1.82) is 0 Å². The lowest BCUT2D eigenvalue weighted by molar-refractivity contribution is -0.179. The average molecular weight is 387 g/mol. The minimum absolute atomic E-state index is 0.00422. The second kappa shape index (κ2) is 7.65. The number of hydrogen-bond acceptors (Lipinski definition) is 3. The predicted molar refractivity (Wildman–Crippen MR) is 89.5 cm³/mol. The molecule has 0 bridgehead atoms. The molecule has 0 aliphatic carbocycles. The van der Waals surface area contributed by atoms with Gasteiger partial charge in [0.25, 0.3) is 0 Å². The van der Waals surface area contributed by atoms with E-state index in [1.165, 1.54) is 0 Å². The molecule has 0 radical (unpaired) electrons. The molecule has 26 heavy (non-hydrogen) atoms. The number of nitrogens with one attached hydrogen (secondary N) is 1. The molecule has 1 N–H and O–H groups in total. The third-order valence-corrected chi connectivity index (χ3v) is 4.71. The molecule has 0 fully saturated rings. The van der Waals surface area contributed by atoms with E-state index in [-0.39, 0.29) is 38.3 Å². The highest BCUT2D eigenvalue weighted by molar-refractivity contribution is 6.30. The molecule has 0 saturated carbocycles. The van der Waals surface area contributed by atoms with E-state index in [9.17, 15) is 18.0 Å². The standard InChI is InChI=1S/C17H18ClF3N4O/c18-13-3-1-2-11(8-13)4-5-16(26)22-10-15-24-23-14-9-12(17(19,20)21)6-7-25(14)15/h1-3,8,12H,4-7,9-10H2,(H,22,26). The van der Waals surface area contributed by atoms with Gasteiger partial charge >= 0.3 is 6.18 Å². The summed E-state index contributed by atoms with van der Waals surface area (Å²) in [6.45, 7) is 0.359. The summed E-state index contributed by atoms with van der Waals surface area (Å²) in [6, 6.07) is 7.29. The van der Waals surface area contributed by atoms with Gasteiger partial charge in [-0.3, -0.25) is 4.79 Å². The van der Waals surface area contributed by atoms with Gasteiger partial charge in [-0.25, -0.2) is 0 Å². The zero-order valence-corrected chi connectivity index (χ0v) is 14.6. The molecule has 2 heterocycles. The predicted octanol–water partition coefficient (Wildman–Crippen LogP) is 3.31. The summed E-state index contributed by atoms with van der Waals surface area (Å²) in [6.07, 6.45) is -3.54. The molecule has 1 aliphatic rings. The summed E-state index contributed by atoms with van der Waals surface area (Å²) < 4.78 is 40.1. The lowest BCUT2D eigenvalue weighted by atomic mass is 9.97. The van der Waals surface area contributed by atoms with Gasteiger partial charge in [-0.05, 0) is 30.5 Å². The zero-order chi connectivity index (χ0) is 18.7. The van der Waals surface area contributed by atoms with Crippen molar-refractivity contribution >= 4 is 17.5 Å². The first-order valence-corrected chi connectivity index (χ1v) is 8.69. The second-order valence-electron chi connectivity index (χ2n) is 6.32. The Labute approximate surface area is 153 Å². The summed E-state index contributed by atoms with van der Waals surface area (Å²) in [5.41, 5.74) is 0.964. The first-order chi connectivity index (χ1) is 12.3. The van der Waals surface area contributed by atoms with Gasteiger partial charge in [-0.15, -0.1) is 10.2 Å². The number of halogens is 4. The van der Waals surface area contributed by atoms with E-state index in [1.54, 1.807) is 16.7 Å². The first kappa shape index (κ1) is 18.7. The van der Waals surface area contributed by atoms with E-state index in [2.05, 4.69) is 15.5 Å². The van der Waals surface area contributed by atoms with Crippen molar-refractivity contribution in [3.8, 4) is 0 Å². The van der Waals surface area contributed by atoms with Crippen molar-refractivity contribution in [2.45, 2.75) is 44.9 Å². The molecule has 2 aromatic rings. The topological polar surface area (TPSA) is 59.8 Å². The van der Waals surface area contributed by atoms with Crippen LogP contribution in [-0.4, -0.2) is 26.8 Å². The largest absolute Gasteiger partial charge is 0.392 e. The zero-order valence-electron chi connectivity index (χ0n) is 13.9. The van der Waals surface area contributed by atoms with Crippen LogP contribution in [0.15, 0.2) is 24.3 Å². The summed E-state index contributed by atoms with van der Waals surface area (Å²) in [5, 5.41) is 11.1. The molecule has 1 aromatic heterocycles. The Morgan fingerprint density at radius 3 is 2.88 bits per heavy atom. The van der Waals surface area contributed by atoms with E-state index >= 15 is 0 Å². The minimum Gasteiger partial charge on any atom is -0.349 e. The fourth-order valence-electron chi connectivity index (χ4n) is 3.02. The quantitative estimate of drug-likeness (QED) is 0.857. The minimum atomic E-state index is -4.22. The van der Waals surface area contributed by atoms with Crippen molar-refractivity contribution < 1.29 is 18.0 Å². The van der Waals surface area contributed by atoms with Crippen molar-refractivity contribution in [3.05, 3.63) is 46.5 Å². The number of aromatic nitrogens is 3. The molecule has 1 aromatic carbocycles. The molecule has 5 nitrogen and oxygen atoms in total. The maximum absolute atomic E-state index is 12.8. The van der Waals surface area contributed by atoms with E-state index in [4.69, 9.17) is 11.6 Å². The Kier molecular flexibility index (Phi) is 5.50. The SMILES string of the molecule is O=C(CCc1cccc(Cl)c1)NCc1nnc2n1CCC(C(F)(F)F)C2. The lowest BCUT2D eigenvalue weighted by Gasteiger charge is -2.25. The Balaban J connectivity index is 1.51. The van der Waals surface area contributed by atoms with Crippen molar-refractivity contribution in [3.63, 3.8) is 0 Å². The Morgan fingerprint density at radius 2 is 2.15 bits per heavy atom. The van der Waals surface area contributed by atoms with Gasteiger partial charge in [0, 0.05) is 24.4 Å². The molecule has 0 spiro atoms. The van der Waals surface area contributed by atoms with Crippen LogP contribution in [-0.2, 0) is 30.7 Å². The van der Waals surface area contributed by atoms with Gasteiger partial charge < -0.3 is 9.88 Å². The van der Waals surface area contributed by atoms with Gasteiger partial charge in [0.2, 0.25) is 5.91 Å². The van der Waals surface area contributed by atoms with Crippen molar-refractivity contribution in [1.82, 2.24) is 20.1 Å². The number of benzene rings is 1. The number of aryl methyl sites for hydroxylation is 1. The summed E-state index contributed by atoms with van der Waals surface area (Å²) in [4.78, 5) is 12.0. The molecular formula is C17H18ClF3N4O. The lowest BCUT2D eigenvalue weighted by Crippen LogP contribution is -2.32. The molecule has 0 saturated heterocycles. The number of fused-ring (bicyclic) bond motifs is 1. The Bertz CT molecular complexity index is 791. The van der Waals surface area contributed by atoms with E-state index in [1.807, 2.05) is 12.1 Å². The highest BCUT2D eigenvalue weighted by Crippen LogP contribution is 2.34. The Morgan fingerprint density at radius 1 is 1.35 bits per heavy atom. The number of alkyl halides is 3. The van der Waals surface area contributed by atoms with Crippen LogP contribution < -0.4 is 5.32 Å². The van der Waals surface area contributed by atoms with Crippen LogP contribution >= 0.6 is 11.6 Å². The molecule has 9 heteroatoms. The number of nitrogens with zero attached hydrogens (tertiary/aromatic N) is 3. The van der Waals surface area contributed by atoms with Crippen LogP contribution in [0.3, 0.4) is 0 Å². The Hall–Kier alpha value is -2.09. The van der Waals surface area contributed by atoms with Gasteiger partial charge in [-0.1, -0.05) is 23.7 Å². The normalized spacial score (nSPS) is 17.0. The van der Waals surface area contributed by atoms with Crippen LogP contribution in [0.1, 0.15) is 30.1 Å². The van der Waals surface area contributed by atoms with Gasteiger partial charge in [0.05, 0.1) is 12.5 Å². The fourth-order valence-corrected chi connectivity index (χ4v) is 3.23. The van der Waals surface area contributed by atoms with Gasteiger partial charge in [0.15, 0.2) is 5.82 Å². The number of carbonyl (C=O) groups excluding carboxylic acids is 1. The van der Waals surface area contributed by atoms with Crippen LogP contribution in [0.5, 0.6) is 0 Å². The molecule has 1 amide bonds. The number of hydrogen-bond donors (Lipinski definition) is 1. The third kappa shape index (κ3) is 4.55. The molecular weight excluding hydrogens is 369 g/mol. The van der Waals surface area contributed by atoms with Crippen molar-refractivity contribution in [2.75, 3.05) is 0 Å². The number of rotatable bonds is 5. The van der Waals surface area contributed by atoms with Crippen LogP contribution in [0, 0.1) is 5.92 Å². The maximum atomic E-state index is 12.8. The van der Waals surface area contributed by atoms with E-state index in [0.717, 1.165) is 5.56 Å². The molecule has 1 aliphatic heterocycles. The number of carbonyl (C=O) groups is 1. The maximum Gasteiger partial charge on any atom is 0.392 e. The number of amides is 1. The van der Waals surface area contributed by atoms with E-state index in [0.29, 0.717) is 23.1 Å². The second-order valence-corrected chi connectivity index (χ2v) is 6.76. The molecule has 3 rings (SSSR count). The highest BCUT2D eigenvalue weighted by atomic mass is 35.5. The summed E-state index contributed by atoms with van der Waals surface area (Å²) in [5.74, 6) is -0.732. The van der Waals surface area contributed by atoms with Crippen molar-refractivity contribution in [2.24, 2.45) is 5.92 Å². The first-order valence-electron chi connectivity index (χ1n) is 8.32. The summed E-state index contributed by atoms with van der Waals surface area (Å²) in [7, 11) is 0. The van der Waals surface area contributed by atoms with Crippen LogP contribution in [0.4, 0.5) is 13.2 Å². The van der Waals surface area contributed by atoms with E-state index < -0.39 is 12.1 Å².